The molecule has 5 heteroatoms. The van der Waals surface area contributed by atoms with Crippen molar-refractivity contribution in [1.29, 1.82) is 0 Å². The number of rotatable bonds is 7. The molecule has 1 aliphatic rings. The largest absolute Gasteiger partial charge is 0.308 e. The molecule has 0 amide bonds. The molecule has 0 saturated carbocycles. The van der Waals surface area contributed by atoms with Crippen LogP contribution in [-0.2, 0) is 6.54 Å². The minimum atomic E-state index is 0.420. The third-order valence-corrected chi connectivity index (χ3v) is 5.84. The maximum atomic E-state index is 4.55. The molecule has 2 rings (SSSR count). The number of hydrogen-bond acceptors (Lipinski definition) is 3. The first-order valence-corrected chi connectivity index (χ1v) is 9.68. The first-order valence-electron chi connectivity index (χ1n) is 7.84. The Balaban J connectivity index is 2.22. The molecule has 1 fully saturated rings. The Morgan fingerprint density at radius 1 is 1.45 bits per heavy atom. The van der Waals surface area contributed by atoms with Crippen LogP contribution in [-0.4, -0.2) is 27.3 Å². The molecular formula is C15H26BrN3S. The number of hydrogen-bond donors (Lipinski definition) is 1. The number of nitrogens with zero attached hydrogens (tertiary/aromatic N) is 2. The molecule has 2 unspecified atom stereocenters. The highest BCUT2D eigenvalue weighted by molar-refractivity contribution is 9.10. The summed E-state index contributed by atoms with van der Waals surface area (Å²) in [6, 6.07) is 0.420. The van der Waals surface area contributed by atoms with E-state index in [1.807, 2.05) is 6.20 Å². The predicted octanol–water partition coefficient (Wildman–Crippen LogP) is 4.38. The number of halogens is 1. The van der Waals surface area contributed by atoms with Gasteiger partial charge < -0.3 is 5.32 Å². The van der Waals surface area contributed by atoms with Crippen molar-refractivity contribution in [3.63, 3.8) is 0 Å². The predicted molar refractivity (Wildman–Crippen MR) is 91.3 cm³/mol. The van der Waals surface area contributed by atoms with E-state index < -0.39 is 0 Å². The zero-order valence-electron chi connectivity index (χ0n) is 12.6. The molecule has 20 heavy (non-hydrogen) atoms. The van der Waals surface area contributed by atoms with Gasteiger partial charge in [0.05, 0.1) is 22.4 Å². The average Bonchev–Trinajstić information content (AvgIpc) is 2.83. The number of aromatic nitrogens is 2. The van der Waals surface area contributed by atoms with Crippen LogP contribution in [0.15, 0.2) is 10.7 Å². The van der Waals surface area contributed by atoms with Crippen LogP contribution in [0.2, 0.25) is 0 Å². The maximum absolute atomic E-state index is 4.55. The second kappa shape index (κ2) is 8.44. The lowest BCUT2D eigenvalue weighted by Crippen LogP contribution is -2.34. The molecule has 1 aromatic heterocycles. The van der Waals surface area contributed by atoms with Crippen molar-refractivity contribution in [2.45, 2.75) is 63.8 Å². The molecule has 0 aromatic carbocycles. The Morgan fingerprint density at radius 2 is 2.30 bits per heavy atom. The second-order valence-electron chi connectivity index (χ2n) is 5.44. The highest BCUT2D eigenvalue weighted by atomic mass is 79.9. The molecule has 3 nitrogen and oxygen atoms in total. The number of thioether (sulfide) groups is 1. The van der Waals surface area contributed by atoms with Crippen molar-refractivity contribution in [1.82, 2.24) is 15.1 Å². The summed E-state index contributed by atoms with van der Waals surface area (Å²) in [6.07, 6.45) is 8.31. The molecule has 1 aliphatic heterocycles. The van der Waals surface area contributed by atoms with Crippen LogP contribution in [0, 0.1) is 0 Å². The van der Waals surface area contributed by atoms with Crippen LogP contribution in [0.3, 0.4) is 0 Å². The monoisotopic (exact) mass is 359 g/mol. The Kier molecular flexibility index (Phi) is 6.91. The van der Waals surface area contributed by atoms with Gasteiger partial charge in [0.15, 0.2) is 0 Å². The zero-order valence-corrected chi connectivity index (χ0v) is 15.0. The van der Waals surface area contributed by atoms with E-state index in [9.17, 15) is 0 Å². The topological polar surface area (TPSA) is 29.9 Å². The quantitative estimate of drug-likeness (QED) is 0.783. The summed E-state index contributed by atoms with van der Waals surface area (Å²) in [5, 5.41) is 9.00. The van der Waals surface area contributed by atoms with Gasteiger partial charge in [0.25, 0.3) is 0 Å². The SMILES string of the molecule is CCCNC(c1c(Br)cnn1CCC)C1CCCCS1. The Bertz CT molecular complexity index is 402. The molecule has 114 valence electrons. The first-order chi connectivity index (χ1) is 9.77. The van der Waals surface area contributed by atoms with Gasteiger partial charge >= 0.3 is 0 Å². The molecule has 0 bridgehead atoms. The van der Waals surface area contributed by atoms with Crippen molar-refractivity contribution < 1.29 is 0 Å². The maximum Gasteiger partial charge on any atom is 0.0706 e. The Hall–Kier alpha value is -0.000000000000000111. The van der Waals surface area contributed by atoms with Crippen LogP contribution in [0.1, 0.15) is 57.7 Å². The molecule has 2 atom stereocenters. The highest BCUT2D eigenvalue weighted by Crippen LogP contribution is 2.37. The van der Waals surface area contributed by atoms with E-state index in [4.69, 9.17) is 0 Å². The Labute approximate surface area is 135 Å². The van der Waals surface area contributed by atoms with Gasteiger partial charge in [-0.05, 0) is 53.9 Å². The molecule has 2 heterocycles. The lowest BCUT2D eigenvalue weighted by molar-refractivity contribution is 0.436. The number of aryl methyl sites for hydroxylation is 1. The third-order valence-electron chi connectivity index (χ3n) is 3.76. The van der Waals surface area contributed by atoms with Gasteiger partial charge in [-0.15, -0.1) is 0 Å². The molecule has 0 radical (unpaired) electrons. The van der Waals surface area contributed by atoms with Crippen LogP contribution < -0.4 is 5.32 Å². The first kappa shape index (κ1) is 16.4. The van der Waals surface area contributed by atoms with Crippen molar-refractivity contribution in [2.75, 3.05) is 12.3 Å². The van der Waals surface area contributed by atoms with E-state index >= 15 is 0 Å². The van der Waals surface area contributed by atoms with E-state index in [2.05, 4.69) is 56.6 Å². The second-order valence-corrected chi connectivity index (χ2v) is 7.64. The van der Waals surface area contributed by atoms with Gasteiger partial charge in [0.1, 0.15) is 0 Å². The normalized spacial score (nSPS) is 21.1. The summed E-state index contributed by atoms with van der Waals surface area (Å²) in [5.41, 5.74) is 1.35. The fraction of sp³-hybridized carbons (Fsp3) is 0.800. The fourth-order valence-electron chi connectivity index (χ4n) is 2.80. The summed E-state index contributed by atoms with van der Waals surface area (Å²) in [5.74, 6) is 1.30. The van der Waals surface area contributed by atoms with E-state index in [1.54, 1.807) is 0 Å². The zero-order chi connectivity index (χ0) is 14.4. The average molecular weight is 360 g/mol. The van der Waals surface area contributed by atoms with Crippen molar-refractivity contribution in [2.24, 2.45) is 0 Å². The molecule has 1 aromatic rings. The van der Waals surface area contributed by atoms with Gasteiger partial charge in [-0.2, -0.15) is 16.9 Å². The molecule has 1 saturated heterocycles. The minimum absolute atomic E-state index is 0.420. The van der Waals surface area contributed by atoms with Crippen molar-refractivity contribution >= 4 is 27.7 Å². The van der Waals surface area contributed by atoms with Gasteiger partial charge in [0, 0.05) is 11.8 Å². The van der Waals surface area contributed by atoms with E-state index in [0.29, 0.717) is 11.3 Å². The smallest absolute Gasteiger partial charge is 0.0706 e. The van der Waals surface area contributed by atoms with Gasteiger partial charge in [-0.1, -0.05) is 20.3 Å². The third kappa shape index (κ3) is 4.01. The minimum Gasteiger partial charge on any atom is -0.308 e. The standard InChI is InChI=1S/C15H26BrN3S/c1-3-8-17-14(13-7-5-6-10-20-13)15-12(16)11-18-19(15)9-4-2/h11,13-14,17H,3-10H2,1-2H3. The molecular weight excluding hydrogens is 334 g/mol. The van der Waals surface area contributed by atoms with Crippen LogP contribution in [0.5, 0.6) is 0 Å². The summed E-state index contributed by atoms with van der Waals surface area (Å²) in [6.45, 7) is 6.52. The van der Waals surface area contributed by atoms with Crippen molar-refractivity contribution in [3.8, 4) is 0 Å². The van der Waals surface area contributed by atoms with Crippen LogP contribution >= 0.6 is 27.7 Å². The fourth-order valence-corrected chi connectivity index (χ4v) is 4.77. The lowest BCUT2D eigenvalue weighted by Gasteiger charge is -2.31. The van der Waals surface area contributed by atoms with Crippen molar-refractivity contribution in [3.05, 3.63) is 16.4 Å². The van der Waals surface area contributed by atoms with E-state index in [-0.39, 0.29) is 0 Å². The molecule has 1 N–H and O–H groups in total. The van der Waals surface area contributed by atoms with Crippen LogP contribution in [0.25, 0.3) is 0 Å². The van der Waals surface area contributed by atoms with Gasteiger partial charge in [-0.3, -0.25) is 4.68 Å². The molecule has 0 aliphatic carbocycles. The Morgan fingerprint density at radius 3 is 2.95 bits per heavy atom. The summed E-state index contributed by atoms with van der Waals surface area (Å²) in [4.78, 5) is 0. The van der Waals surface area contributed by atoms with Crippen LogP contribution in [0.4, 0.5) is 0 Å². The summed E-state index contributed by atoms with van der Waals surface area (Å²) in [7, 11) is 0. The van der Waals surface area contributed by atoms with Gasteiger partial charge in [-0.25, -0.2) is 0 Å². The summed E-state index contributed by atoms with van der Waals surface area (Å²) < 4.78 is 3.35. The van der Waals surface area contributed by atoms with E-state index in [1.165, 1.54) is 37.1 Å². The number of nitrogens with one attached hydrogen (secondary N) is 1. The lowest BCUT2D eigenvalue weighted by atomic mass is 10.0. The van der Waals surface area contributed by atoms with E-state index in [0.717, 1.165) is 24.0 Å². The summed E-state index contributed by atoms with van der Waals surface area (Å²) >= 11 is 5.84. The highest BCUT2D eigenvalue weighted by Gasteiger charge is 2.29. The molecule has 0 spiro atoms. The van der Waals surface area contributed by atoms with Gasteiger partial charge in [0.2, 0.25) is 0 Å².